The molecule has 0 saturated heterocycles. The summed E-state index contributed by atoms with van der Waals surface area (Å²) in [4.78, 5) is 11.7. The van der Waals surface area contributed by atoms with Crippen LogP contribution in [0.4, 0.5) is 0 Å². The maximum absolute atomic E-state index is 11.7. The van der Waals surface area contributed by atoms with Gasteiger partial charge >= 0.3 is 0 Å². The number of amides is 1. The molecular weight excluding hydrogens is 240 g/mol. The minimum atomic E-state index is -0.197. The van der Waals surface area contributed by atoms with Crippen LogP contribution in [0.2, 0.25) is 5.02 Å². The molecule has 0 unspecified atom stereocenters. The number of carbonyl (C=O) groups is 1. The van der Waals surface area contributed by atoms with Gasteiger partial charge < -0.3 is 15.7 Å². The first-order valence-corrected chi connectivity index (χ1v) is 5.88. The summed E-state index contributed by atoms with van der Waals surface area (Å²) < 4.78 is 0. The van der Waals surface area contributed by atoms with Crippen molar-refractivity contribution in [3.63, 3.8) is 0 Å². The second-order valence-corrected chi connectivity index (χ2v) is 4.44. The van der Waals surface area contributed by atoms with Crippen molar-refractivity contribution in [2.45, 2.75) is 19.9 Å². The van der Waals surface area contributed by atoms with E-state index in [1.165, 1.54) is 18.2 Å². The summed E-state index contributed by atoms with van der Waals surface area (Å²) in [5.41, 5.74) is 0.442. The number of benzene rings is 1. The van der Waals surface area contributed by atoms with Gasteiger partial charge in [0.2, 0.25) is 0 Å². The number of hydrogen-bond acceptors (Lipinski definition) is 3. The van der Waals surface area contributed by atoms with Gasteiger partial charge in [-0.3, -0.25) is 4.79 Å². The monoisotopic (exact) mass is 256 g/mol. The molecule has 17 heavy (non-hydrogen) atoms. The number of rotatable bonds is 5. The molecule has 0 bridgehead atoms. The fourth-order valence-corrected chi connectivity index (χ4v) is 1.47. The molecule has 0 spiro atoms. The van der Waals surface area contributed by atoms with Gasteiger partial charge in [0.1, 0.15) is 5.75 Å². The second kappa shape index (κ2) is 6.47. The molecule has 0 fully saturated rings. The zero-order valence-corrected chi connectivity index (χ0v) is 10.7. The number of aromatic hydroxyl groups is 1. The molecule has 1 aromatic rings. The van der Waals surface area contributed by atoms with Gasteiger partial charge in [-0.25, -0.2) is 0 Å². The Kier molecular flexibility index (Phi) is 5.25. The highest BCUT2D eigenvalue weighted by molar-refractivity contribution is 6.32. The third-order valence-electron chi connectivity index (χ3n) is 2.17. The molecule has 0 aliphatic heterocycles. The Morgan fingerprint density at radius 2 is 2.12 bits per heavy atom. The van der Waals surface area contributed by atoms with Crippen LogP contribution in [-0.4, -0.2) is 30.1 Å². The van der Waals surface area contributed by atoms with E-state index in [1.54, 1.807) is 0 Å². The molecule has 1 rings (SSSR count). The highest BCUT2D eigenvalue weighted by Gasteiger charge is 2.07. The smallest absolute Gasteiger partial charge is 0.251 e. The predicted octanol–water partition coefficient (Wildman–Crippen LogP) is 1.77. The Morgan fingerprint density at radius 1 is 1.41 bits per heavy atom. The quantitative estimate of drug-likeness (QED) is 0.704. The first kappa shape index (κ1) is 13.8. The number of halogens is 1. The van der Waals surface area contributed by atoms with Gasteiger partial charge in [0, 0.05) is 24.7 Å². The van der Waals surface area contributed by atoms with Crippen molar-refractivity contribution in [1.82, 2.24) is 10.6 Å². The van der Waals surface area contributed by atoms with Crippen molar-refractivity contribution in [2.24, 2.45) is 0 Å². The van der Waals surface area contributed by atoms with E-state index in [-0.39, 0.29) is 16.7 Å². The standard InChI is InChI=1S/C12H17ClN2O2/c1-8(2)14-5-6-15-12(17)9-3-4-11(16)10(13)7-9/h3-4,7-8,14,16H,5-6H2,1-2H3,(H,15,17). The summed E-state index contributed by atoms with van der Waals surface area (Å²) in [6, 6.07) is 4.79. The van der Waals surface area contributed by atoms with Crippen LogP contribution >= 0.6 is 11.6 Å². The van der Waals surface area contributed by atoms with Crippen molar-refractivity contribution in [3.05, 3.63) is 28.8 Å². The van der Waals surface area contributed by atoms with Crippen LogP contribution < -0.4 is 10.6 Å². The van der Waals surface area contributed by atoms with E-state index in [2.05, 4.69) is 10.6 Å². The van der Waals surface area contributed by atoms with Gasteiger partial charge in [0.25, 0.3) is 5.91 Å². The fourth-order valence-electron chi connectivity index (χ4n) is 1.29. The van der Waals surface area contributed by atoms with Crippen LogP contribution in [0.5, 0.6) is 5.75 Å². The highest BCUT2D eigenvalue weighted by Crippen LogP contribution is 2.23. The van der Waals surface area contributed by atoms with Crippen LogP contribution in [0.1, 0.15) is 24.2 Å². The molecular formula is C12H17ClN2O2. The maximum Gasteiger partial charge on any atom is 0.251 e. The molecule has 0 aromatic heterocycles. The Labute approximate surface area is 106 Å². The summed E-state index contributed by atoms with van der Waals surface area (Å²) in [5.74, 6) is -0.220. The SMILES string of the molecule is CC(C)NCCNC(=O)c1ccc(O)c(Cl)c1. The molecule has 0 atom stereocenters. The minimum absolute atomic E-state index is 0.0234. The lowest BCUT2D eigenvalue weighted by atomic mass is 10.2. The van der Waals surface area contributed by atoms with Gasteiger partial charge in [-0.15, -0.1) is 0 Å². The molecule has 0 aliphatic carbocycles. The van der Waals surface area contributed by atoms with Crippen molar-refractivity contribution in [3.8, 4) is 5.75 Å². The molecule has 5 heteroatoms. The van der Waals surface area contributed by atoms with Crippen LogP contribution in [0.3, 0.4) is 0 Å². The lowest BCUT2D eigenvalue weighted by molar-refractivity contribution is 0.0953. The second-order valence-electron chi connectivity index (χ2n) is 4.03. The number of nitrogens with one attached hydrogen (secondary N) is 2. The van der Waals surface area contributed by atoms with Crippen molar-refractivity contribution >= 4 is 17.5 Å². The van der Waals surface area contributed by atoms with Crippen molar-refractivity contribution in [1.29, 1.82) is 0 Å². The lowest BCUT2D eigenvalue weighted by Crippen LogP contribution is -2.34. The van der Waals surface area contributed by atoms with Gasteiger partial charge in [-0.1, -0.05) is 25.4 Å². The van der Waals surface area contributed by atoms with E-state index in [9.17, 15) is 9.90 Å². The van der Waals surface area contributed by atoms with Crippen LogP contribution in [-0.2, 0) is 0 Å². The van der Waals surface area contributed by atoms with Gasteiger partial charge in [0.05, 0.1) is 5.02 Å². The molecule has 0 heterocycles. The Balaban J connectivity index is 2.44. The van der Waals surface area contributed by atoms with Gasteiger partial charge in [-0.2, -0.15) is 0 Å². The Morgan fingerprint density at radius 3 is 2.71 bits per heavy atom. The number of phenols is 1. The zero-order chi connectivity index (χ0) is 12.8. The topological polar surface area (TPSA) is 61.4 Å². The molecule has 1 amide bonds. The summed E-state index contributed by atoms with van der Waals surface area (Å²) in [6.45, 7) is 5.36. The summed E-state index contributed by atoms with van der Waals surface area (Å²) >= 11 is 5.72. The van der Waals surface area contributed by atoms with Gasteiger partial charge in [0.15, 0.2) is 0 Å². The number of hydrogen-bond donors (Lipinski definition) is 3. The third kappa shape index (κ3) is 4.63. The Bertz CT molecular complexity index is 394. The molecule has 0 saturated carbocycles. The van der Waals surface area contributed by atoms with E-state index in [4.69, 9.17) is 11.6 Å². The van der Waals surface area contributed by atoms with Crippen molar-refractivity contribution < 1.29 is 9.90 Å². The first-order valence-electron chi connectivity index (χ1n) is 5.51. The lowest BCUT2D eigenvalue weighted by Gasteiger charge is -2.09. The normalized spacial score (nSPS) is 10.6. The van der Waals surface area contributed by atoms with Crippen LogP contribution in [0, 0.1) is 0 Å². The molecule has 4 nitrogen and oxygen atoms in total. The third-order valence-corrected chi connectivity index (χ3v) is 2.48. The fraction of sp³-hybridized carbons (Fsp3) is 0.417. The van der Waals surface area contributed by atoms with Crippen LogP contribution in [0.15, 0.2) is 18.2 Å². The maximum atomic E-state index is 11.7. The van der Waals surface area contributed by atoms with E-state index in [0.29, 0.717) is 18.2 Å². The van der Waals surface area contributed by atoms with E-state index in [1.807, 2.05) is 13.8 Å². The number of phenolic OH excluding ortho intramolecular Hbond substituents is 1. The molecule has 0 radical (unpaired) electrons. The highest BCUT2D eigenvalue weighted by atomic mass is 35.5. The van der Waals surface area contributed by atoms with E-state index < -0.39 is 0 Å². The summed E-state index contributed by atoms with van der Waals surface area (Å²) in [6.07, 6.45) is 0. The molecule has 0 aliphatic rings. The van der Waals surface area contributed by atoms with Crippen LogP contribution in [0.25, 0.3) is 0 Å². The molecule has 1 aromatic carbocycles. The largest absolute Gasteiger partial charge is 0.506 e. The van der Waals surface area contributed by atoms with Gasteiger partial charge in [-0.05, 0) is 18.2 Å². The van der Waals surface area contributed by atoms with Crippen molar-refractivity contribution in [2.75, 3.05) is 13.1 Å². The first-order chi connectivity index (χ1) is 8.00. The molecule has 94 valence electrons. The zero-order valence-electron chi connectivity index (χ0n) is 9.96. The average Bonchev–Trinajstić information content (AvgIpc) is 2.27. The number of carbonyl (C=O) groups excluding carboxylic acids is 1. The van der Waals surface area contributed by atoms with E-state index in [0.717, 1.165) is 6.54 Å². The average molecular weight is 257 g/mol. The van der Waals surface area contributed by atoms with E-state index >= 15 is 0 Å². The summed E-state index contributed by atoms with van der Waals surface area (Å²) in [5, 5.41) is 15.4. The Hall–Kier alpha value is -1.26. The summed E-state index contributed by atoms with van der Waals surface area (Å²) in [7, 11) is 0. The minimum Gasteiger partial charge on any atom is -0.506 e. The molecule has 3 N–H and O–H groups in total. The predicted molar refractivity (Wildman–Crippen MR) is 68.6 cm³/mol.